The Morgan fingerprint density at radius 2 is 2.22 bits per heavy atom. The standard InChI is InChI=1S/C15H21N3O4S/c1-17-5-6-22-12(9-17)10-18(2)23(20,21)13-3-4-14-11(7-13)8-15(19)16-14/h3-4,7,12H,5-6,8-10H2,1-2H3,(H,16,19). The van der Waals surface area contributed by atoms with Crippen molar-refractivity contribution in [2.45, 2.75) is 17.4 Å². The number of rotatable bonds is 4. The summed E-state index contributed by atoms with van der Waals surface area (Å²) in [7, 11) is -0.0451. The molecule has 1 aromatic rings. The van der Waals surface area contributed by atoms with Crippen molar-refractivity contribution < 1.29 is 17.9 Å². The fraction of sp³-hybridized carbons (Fsp3) is 0.533. The molecule has 0 radical (unpaired) electrons. The molecule has 1 aromatic carbocycles. The van der Waals surface area contributed by atoms with E-state index in [4.69, 9.17) is 4.74 Å². The predicted molar refractivity (Wildman–Crippen MR) is 85.8 cm³/mol. The second kappa shape index (κ2) is 6.20. The average Bonchev–Trinajstić information content (AvgIpc) is 2.86. The molecule has 0 aliphatic carbocycles. The lowest BCUT2D eigenvalue weighted by Gasteiger charge is -2.32. The summed E-state index contributed by atoms with van der Waals surface area (Å²) < 4.78 is 32.4. The van der Waals surface area contributed by atoms with Crippen LogP contribution in [-0.2, 0) is 26.0 Å². The molecule has 2 aliphatic heterocycles. The van der Waals surface area contributed by atoms with Crippen molar-refractivity contribution in [2.75, 3.05) is 45.7 Å². The monoisotopic (exact) mass is 339 g/mol. The predicted octanol–water partition coefficient (Wildman–Crippen LogP) is 0.132. The SMILES string of the molecule is CN1CCOC(CN(C)S(=O)(=O)c2ccc3c(c2)CC(=O)N3)C1. The number of morpholine rings is 1. The van der Waals surface area contributed by atoms with Crippen LogP contribution in [0.15, 0.2) is 23.1 Å². The maximum absolute atomic E-state index is 12.7. The van der Waals surface area contributed by atoms with Crippen molar-refractivity contribution in [3.05, 3.63) is 23.8 Å². The molecule has 0 bridgehead atoms. The summed E-state index contributed by atoms with van der Waals surface area (Å²) in [5, 5.41) is 2.70. The van der Waals surface area contributed by atoms with Crippen molar-refractivity contribution in [1.29, 1.82) is 0 Å². The van der Waals surface area contributed by atoms with Crippen molar-refractivity contribution in [3.8, 4) is 0 Å². The summed E-state index contributed by atoms with van der Waals surface area (Å²) >= 11 is 0. The smallest absolute Gasteiger partial charge is 0.242 e. The lowest BCUT2D eigenvalue weighted by molar-refractivity contribution is -0.115. The van der Waals surface area contributed by atoms with Crippen LogP contribution in [0.1, 0.15) is 5.56 Å². The Hall–Kier alpha value is -1.48. The zero-order chi connectivity index (χ0) is 16.6. The maximum atomic E-state index is 12.7. The number of hydrogen-bond acceptors (Lipinski definition) is 5. The first-order valence-electron chi connectivity index (χ1n) is 7.55. The van der Waals surface area contributed by atoms with Gasteiger partial charge in [-0.2, -0.15) is 4.31 Å². The Kier molecular flexibility index (Phi) is 4.41. The van der Waals surface area contributed by atoms with Crippen LogP contribution in [0.25, 0.3) is 0 Å². The van der Waals surface area contributed by atoms with Crippen molar-refractivity contribution in [3.63, 3.8) is 0 Å². The number of carbonyl (C=O) groups is 1. The Balaban J connectivity index is 1.75. The van der Waals surface area contributed by atoms with E-state index in [1.54, 1.807) is 19.2 Å². The first kappa shape index (κ1) is 16.4. The molecule has 8 heteroatoms. The molecule has 3 rings (SSSR count). The second-order valence-electron chi connectivity index (χ2n) is 6.08. The summed E-state index contributed by atoms with van der Waals surface area (Å²) in [5.41, 5.74) is 1.41. The van der Waals surface area contributed by atoms with Gasteiger partial charge in [-0.3, -0.25) is 4.79 Å². The van der Waals surface area contributed by atoms with Gasteiger partial charge in [0, 0.05) is 32.4 Å². The molecule has 1 fully saturated rings. The number of benzene rings is 1. The molecule has 1 atom stereocenters. The minimum absolute atomic E-state index is 0.110. The summed E-state index contributed by atoms with van der Waals surface area (Å²) in [6.45, 7) is 2.49. The summed E-state index contributed by atoms with van der Waals surface area (Å²) in [6, 6.07) is 4.75. The van der Waals surface area contributed by atoms with Crippen LogP contribution in [0.4, 0.5) is 5.69 Å². The van der Waals surface area contributed by atoms with Crippen LogP contribution >= 0.6 is 0 Å². The first-order valence-corrected chi connectivity index (χ1v) is 8.99. The first-order chi connectivity index (χ1) is 10.9. The topological polar surface area (TPSA) is 79.0 Å². The van der Waals surface area contributed by atoms with Crippen LogP contribution in [0.5, 0.6) is 0 Å². The van der Waals surface area contributed by atoms with Gasteiger partial charge in [0.25, 0.3) is 0 Å². The number of hydrogen-bond donors (Lipinski definition) is 1. The zero-order valence-electron chi connectivity index (χ0n) is 13.3. The highest BCUT2D eigenvalue weighted by Gasteiger charge is 2.28. The molecule has 1 saturated heterocycles. The molecular formula is C15H21N3O4S. The van der Waals surface area contributed by atoms with Gasteiger partial charge in [0.2, 0.25) is 15.9 Å². The van der Waals surface area contributed by atoms with E-state index in [1.807, 2.05) is 7.05 Å². The van der Waals surface area contributed by atoms with Crippen molar-refractivity contribution >= 4 is 21.6 Å². The molecule has 1 amide bonds. The van der Waals surface area contributed by atoms with Gasteiger partial charge in [-0.25, -0.2) is 8.42 Å². The van der Waals surface area contributed by atoms with Crippen molar-refractivity contribution in [1.82, 2.24) is 9.21 Å². The number of nitrogens with one attached hydrogen (secondary N) is 1. The molecule has 0 aromatic heterocycles. The van der Waals surface area contributed by atoms with Crippen LogP contribution in [0, 0.1) is 0 Å². The Morgan fingerprint density at radius 3 is 2.96 bits per heavy atom. The largest absolute Gasteiger partial charge is 0.374 e. The highest BCUT2D eigenvalue weighted by Crippen LogP contribution is 2.27. The molecule has 126 valence electrons. The van der Waals surface area contributed by atoms with Crippen LogP contribution in [-0.4, -0.2) is 70.0 Å². The van der Waals surface area contributed by atoms with E-state index >= 15 is 0 Å². The molecule has 1 unspecified atom stereocenters. The number of sulfonamides is 1. The molecule has 0 spiro atoms. The number of likely N-dealkylation sites (N-methyl/N-ethyl adjacent to an activating group) is 2. The van der Waals surface area contributed by atoms with Gasteiger partial charge in [0.1, 0.15) is 0 Å². The van der Waals surface area contributed by atoms with Crippen molar-refractivity contribution in [2.24, 2.45) is 0 Å². The van der Waals surface area contributed by atoms with Gasteiger partial charge in [-0.05, 0) is 30.8 Å². The molecule has 23 heavy (non-hydrogen) atoms. The molecule has 2 heterocycles. The molecule has 1 N–H and O–H groups in total. The Bertz CT molecular complexity index is 719. The van der Waals surface area contributed by atoms with Gasteiger partial charge >= 0.3 is 0 Å². The highest BCUT2D eigenvalue weighted by atomic mass is 32.2. The zero-order valence-corrected chi connectivity index (χ0v) is 14.1. The summed E-state index contributed by atoms with van der Waals surface area (Å²) in [5.74, 6) is -0.110. The van der Waals surface area contributed by atoms with E-state index in [0.29, 0.717) is 25.4 Å². The van der Waals surface area contributed by atoms with Crippen LogP contribution in [0.2, 0.25) is 0 Å². The highest BCUT2D eigenvalue weighted by molar-refractivity contribution is 7.89. The number of ether oxygens (including phenoxy) is 1. The number of carbonyl (C=O) groups excluding carboxylic acids is 1. The average molecular weight is 339 g/mol. The molecular weight excluding hydrogens is 318 g/mol. The molecule has 0 saturated carbocycles. The van der Waals surface area contributed by atoms with Gasteiger partial charge in [-0.15, -0.1) is 0 Å². The van der Waals surface area contributed by atoms with E-state index < -0.39 is 10.0 Å². The minimum Gasteiger partial charge on any atom is -0.374 e. The Morgan fingerprint density at radius 1 is 1.43 bits per heavy atom. The fourth-order valence-corrected chi connectivity index (χ4v) is 4.16. The van der Waals surface area contributed by atoms with E-state index in [-0.39, 0.29) is 23.3 Å². The fourth-order valence-electron chi connectivity index (χ4n) is 2.91. The van der Waals surface area contributed by atoms with Crippen LogP contribution in [0.3, 0.4) is 0 Å². The third-order valence-corrected chi connectivity index (χ3v) is 6.03. The quantitative estimate of drug-likeness (QED) is 0.844. The minimum atomic E-state index is -3.60. The van der Waals surface area contributed by atoms with Gasteiger partial charge in [0.15, 0.2) is 0 Å². The maximum Gasteiger partial charge on any atom is 0.242 e. The third kappa shape index (κ3) is 3.40. The lowest BCUT2D eigenvalue weighted by atomic mass is 10.2. The number of fused-ring (bicyclic) bond motifs is 1. The number of amides is 1. The van der Waals surface area contributed by atoms with E-state index in [2.05, 4.69) is 10.2 Å². The van der Waals surface area contributed by atoms with E-state index in [0.717, 1.165) is 12.1 Å². The van der Waals surface area contributed by atoms with Gasteiger partial charge in [-0.1, -0.05) is 0 Å². The molecule has 7 nitrogen and oxygen atoms in total. The third-order valence-electron chi connectivity index (χ3n) is 4.21. The number of nitrogens with zero attached hydrogens (tertiary/aromatic N) is 2. The normalized spacial score (nSPS) is 22.2. The lowest BCUT2D eigenvalue weighted by Crippen LogP contribution is -2.46. The summed E-state index contributed by atoms with van der Waals surface area (Å²) in [6.07, 6.45) is 0.0880. The number of anilines is 1. The second-order valence-corrected chi connectivity index (χ2v) is 8.13. The van der Waals surface area contributed by atoms with E-state index in [9.17, 15) is 13.2 Å². The van der Waals surface area contributed by atoms with Crippen LogP contribution < -0.4 is 5.32 Å². The van der Waals surface area contributed by atoms with Gasteiger partial charge < -0.3 is 15.0 Å². The summed E-state index contributed by atoms with van der Waals surface area (Å²) in [4.78, 5) is 13.7. The van der Waals surface area contributed by atoms with E-state index in [1.165, 1.54) is 10.4 Å². The Labute approximate surface area is 136 Å². The van der Waals surface area contributed by atoms with Gasteiger partial charge in [0.05, 0.1) is 24.0 Å². The molecule has 2 aliphatic rings.